The van der Waals surface area contributed by atoms with E-state index < -0.39 is 5.41 Å². The Kier molecular flexibility index (Phi) is 5.66. The summed E-state index contributed by atoms with van der Waals surface area (Å²) in [7, 11) is 0. The average Bonchev–Trinajstić information content (AvgIpc) is 3.80. The van der Waals surface area contributed by atoms with Crippen molar-refractivity contribution in [3.8, 4) is 50.2 Å². The van der Waals surface area contributed by atoms with Crippen LogP contribution < -0.4 is 0 Å². The Balaban J connectivity index is 1.34. The predicted octanol–water partition coefficient (Wildman–Crippen LogP) is 12.5. The molecule has 0 aliphatic heterocycles. The Morgan fingerprint density at radius 3 is 1.40 bits per heavy atom. The molecule has 1 nitrogen and oxygen atoms in total. The van der Waals surface area contributed by atoms with Crippen LogP contribution in [0.4, 0.5) is 0 Å². The minimum atomic E-state index is -0.454. The number of hydrogen-bond acceptors (Lipinski definition) is 0. The fourth-order valence-corrected chi connectivity index (χ4v) is 9.24. The first-order valence-corrected chi connectivity index (χ1v) is 17.4. The maximum absolute atomic E-state index is 2.57. The summed E-state index contributed by atoms with van der Waals surface area (Å²) in [6.45, 7) is 0. The summed E-state index contributed by atoms with van der Waals surface area (Å²) in [4.78, 5) is 0. The van der Waals surface area contributed by atoms with Gasteiger partial charge in [-0.05, 0) is 85.5 Å². The minimum absolute atomic E-state index is 0.454. The molecule has 11 rings (SSSR count). The molecule has 0 radical (unpaired) electrons. The van der Waals surface area contributed by atoms with E-state index in [0.717, 1.165) is 5.69 Å². The zero-order valence-electron chi connectivity index (χ0n) is 27.3. The van der Waals surface area contributed by atoms with E-state index >= 15 is 0 Å². The molecule has 8 aromatic carbocycles. The van der Waals surface area contributed by atoms with Gasteiger partial charge in [0.25, 0.3) is 0 Å². The highest BCUT2D eigenvalue weighted by Gasteiger charge is 2.53. The molecule has 1 heteroatoms. The van der Waals surface area contributed by atoms with Crippen molar-refractivity contribution in [2.45, 2.75) is 5.41 Å². The number of rotatable bonds is 3. The lowest BCUT2D eigenvalue weighted by Crippen LogP contribution is -2.26. The normalized spacial score (nSPS) is 13.4. The van der Waals surface area contributed by atoms with Gasteiger partial charge in [-0.15, -0.1) is 0 Å². The van der Waals surface area contributed by atoms with Crippen LogP contribution in [-0.2, 0) is 5.41 Å². The van der Waals surface area contributed by atoms with Crippen LogP contribution >= 0.6 is 0 Å². The number of para-hydroxylation sites is 1. The summed E-state index contributed by atoms with van der Waals surface area (Å²) in [5.74, 6) is 0. The topological polar surface area (TPSA) is 4.93 Å². The Morgan fingerprint density at radius 2 is 0.820 bits per heavy atom. The Hall–Kier alpha value is -6.44. The summed E-state index contributed by atoms with van der Waals surface area (Å²) in [6, 6.07) is 69.7. The summed E-state index contributed by atoms with van der Waals surface area (Å²) >= 11 is 0. The van der Waals surface area contributed by atoms with Gasteiger partial charge in [-0.25, -0.2) is 0 Å². The molecule has 0 N–H and O–H groups in total. The van der Waals surface area contributed by atoms with Gasteiger partial charge in [-0.2, -0.15) is 0 Å². The maximum atomic E-state index is 2.57. The third kappa shape index (κ3) is 3.56. The largest absolute Gasteiger partial charge is 0.309 e. The van der Waals surface area contributed by atoms with Crippen LogP contribution in [-0.4, -0.2) is 4.57 Å². The molecular weight excluding hydrogens is 603 g/mol. The molecule has 2 aliphatic rings. The van der Waals surface area contributed by atoms with Gasteiger partial charge >= 0.3 is 0 Å². The van der Waals surface area contributed by atoms with Crippen LogP contribution in [0.3, 0.4) is 0 Å². The second-order valence-corrected chi connectivity index (χ2v) is 13.6. The number of nitrogens with zero attached hydrogens (tertiary/aromatic N) is 1. The Labute approximate surface area is 291 Å². The lowest BCUT2D eigenvalue weighted by atomic mass is 9.70. The van der Waals surface area contributed by atoms with Crippen LogP contribution in [0.15, 0.2) is 188 Å². The van der Waals surface area contributed by atoms with Crippen LogP contribution in [0.25, 0.3) is 72.0 Å². The fraction of sp³-hybridized carbons (Fsp3) is 0.0204. The van der Waals surface area contributed by atoms with Gasteiger partial charge in [0.05, 0.1) is 16.4 Å². The molecule has 1 spiro atoms. The quantitative estimate of drug-likeness (QED) is 0.182. The first kappa shape index (κ1) is 27.5. The van der Waals surface area contributed by atoms with Crippen molar-refractivity contribution in [3.05, 3.63) is 210 Å². The number of benzene rings is 8. The van der Waals surface area contributed by atoms with Crippen molar-refractivity contribution in [2.75, 3.05) is 0 Å². The van der Waals surface area contributed by atoms with E-state index in [9.17, 15) is 0 Å². The summed E-state index contributed by atoms with van der Waals surface area (Å²) in [5.41, 5.74) is 18.7. The molecule has 50 heavy (non-hydrogen) atoms. The van der Waals surface area contributed by atoms with Gasteiger partial charge in [0.15, 0.2) is 0 Å². The zero-order chi connectivity index (χ0) is 32.8. The van der Waals surface area contributed by atoms with E-state index in [2.05, 4.69) is 193 Å². The van der Waals surface area contributed by atoms with Crippen molar-refractivity contribution < 1.29 is 0 Å². The minimum Gasteiger partial charge on any atom is -0.309 e. The molecule has 0 saturated carbocycles. The van der Waals surface area contributed by atoms with Gasteiger partial charge in [-0.3, -0.25) is 0 Å². The van der Waals surface area contributed by atoms with E-state index in [0.29, 0.717) is 0 Å². The standard InChI is InChI=1S/C49H31N/c1-3-15-32(16-4-1)34-29-35(33-17-5-2-6-18-33)31-36(30-34)50-46-26-14-10-22-40(46)42-28-27-41-39-21-9-13-25-45(39)49(47(41)48(42)50)43-23-11-7-19-37(43)38-20-8-12-24-44(38)49/h1-31H. The molecule has 0 amide bonds. The van der Waals surface area contributed by atoms with Crippen molar-refractivity contribution in [3.63, 3.8) is 0 Å². The first-order chi connectivity index (χ1) is 24.8. The van der Waals surface area contributed by atoms with E-state index in [1.807, 2.05) is 0 Å². The van der Waals surface area contributed by atoms with E-state index in [4.69, 9.17) is 0 Å². The molecule has 0 atom stereocenters. The third-order valence-electron chi connectivity index (χ3n) is 11.2. The Bertz CT molecular complexity index is 2680. The van der Waals surface area contributed by atoms with E-state index in [1.54, 1.807) is 0 Å². The van der Waals surface area contributed by atoms with Crippen LogP contribution in [0, 0.1) is 0 Å². The molecule has 0 saturated heterocycles. The van der Waals surface area contributed by atoms with E-state index in [1.165, 1.54) is 88.6 Å². The monoisotopic (exact) mass is 633 g/mol. The highest BCUT2D eigenvalue weighted by atomic mass is 15.0. The van der Waals surface area contributed by atoms with Gasteiger partial charge < -0.3 is 4.57 Å². The second kappa shape index (κ2) is 10.3. The van der Waals surface area contributed by atoms with Crippen molar-refractivity contribution >= 4 is 21.8 Å². The molecule has 0 fully saturated rings. The van der Waals surface area contributed by atoms with Crippen molar-refractivity contribution in [1.29, 1.82) is 0 Å². The van der Waals surface area contributed by atoms with Crippen LogP contribution in [0.2, 0.25) is 0 Å². The summed E-state index contributed by atoms with van der Waals surface area (Å²) < 4.78 is 2.57. The molecular formula is C49H31N. The van der Waals surface area contributed by atoms with E-state index in [-0.39, 0.29) is 0 Å². The molecule has 0 bridgehead atoms. The summed E-state index contributed by atoms with van der Waals surface area (Å²) in [6.07, 6.45) is 0. The van der Waals surface area contributed by atoms with Crippen LogP contribution in [0.5, 0.6) is 0 Å². The maximum Gasteiger partial charge on any atom is 0.0746 e. The molecule has 2 aliphatic carbocycles. The van der Waals surface area contributed by atoms with Gasteiger partial charge in [0.1, 0.15) is 0 Å². The van der Waals surface area contributed by atoms with Crippen molar-refractivity contribution in [2.24, 2.45) is 0 Å². The molecule has 0 unspecified atom stereocenters. The molecule has 9 aromatic rings. The zero-order valence-corrected chi connectivity index (χ0v) is 27.3. The molecule has 1 aromatic heterocycles. The Morgan fingerprint density at radius 1 is 0.340 bits per heavy atom. The SMILES string of the molecule is c1ccc(-c2cc(-c3ccccc3)cc(-n3c4ccccc4c4ccc5c(c43)C3(c4ccccc4-c4ccccc43)c3ccccc3-5)c2)cc1. The highest BCUT2D eigenvalue weighted by molar-refractivity contribution is 6.14. The molecule has 232 valence electrons. The lowest BCUT2D eigenvalue weighted by Gasteiger charge is -2.31. The summed E-state index contributed by atoms with van der Waals surface area (Å²) in [5, 5.41) is 2.54. The lowest BCUT2D eigenvalue weighted by molar-refractivity contribution is 0.797. The van der Waals surface area contributed by atoms with Crippen molar-refractivity contribution in [1.82, 2.24) is 4.57 Å². The number of aromatic nitrogens is 1. The average molecular weight is 634 g/mol. The number of hydrogen-bond donors (Lipinski definition) is 0. The predicted molar refractivity (Wildman–Crippen MR) is 208 cm³/mol. The smallest absolute Gasteiger partial charge is 0.0746 e. The second-order valence-electron chi connectivity index (χ2n) is 13.6. The molecule has 1 heterocycles. The van der Waals surface area contributed by atoms with Gasteiger partial charge in [-0.1, -0.05) is 164 Å². The van der Waals surface area contributed by atoms with Gasteiger partial charge in [0, 0.05) is 22.0 Å². The fourth-order valence-electron chi connectivity index (χ4n) is 9.24. The first-order valence-electron chi connectivity index (χ1n) is 17.4. The number of fused-ring (bicyclic) bond motifs is 14. The third-order valence-corrected chi connectivity index (χ3v) is 11.2. The van der Waals surface area contributed by atoms with Crippen LogP contribution in [0.1, 0.15) is 22.3 Å². The highest BCUT2D eigenvalue weighted by Crippen LogP contribution is 2.64. The van der Waals surface area contributed by atoms with Gasteiger partial charge in [0.2, 0.25) is 0 Å².